The van der Waals surface area contributed by atoms with Crippen LogP contribution in [0.3, 0.4) is 0 Å². The van der Waals surface area contributed by atoms with Crippen LogP contribution in [0.1, 0.15) is 5.69 Å². The SMILES string of the molecule is O=c1ccn(-c2cccc(-c3ccccc3)c2)c(CO)c1. The largest absolute Gasteiger partial charge is 0.390 e. The first-order chi connectivity index (χ1) is 10.3. The maximum Gasteiger partial charge on any atom is 0.181 e. The number of aliphatic hydroxyl groups excluding tert-OH is 1. The van der Waals surface area contributed by atoms with Gasteiger partial charge in [0, 0.05) is 24.0 Å². The van der Waals surface area contributed by atoms with E-state index in [2.05, 4.69) is 12.1 Å². The number of hydrogen-bond donors (Lipinski definition) is 1. The van der Waals surface area contributed by atoms with Crippen molar-refractivity contribution < 1.29 is 5.11 Å². The maximum atomic E-state index is 11.4. The Bertz CT molecular complexity index is 807. The molecule has 1 aromatic heterocycles. The van der Waals surface area contributed by atoms with E-state index >= 15 is 0 Å². The smallest absolute Gasteiger partial charge is 0.181 e. The molecule has 0 aliphatic heterocycles. The highest BCUT2D eigenvalue weighted by molar-refractivity contribution is 5.65. The highest BCUT2D eigenvalue weighted by Gasteiger charge is 2.04. The Morgan fingerprint density at radius 1 is 0.857 bits per heavy atom. The third kappa shape index (κ3) is 2.78. The van der Waals surface area contributed by atoms with Gasteiger partial charge in [-0.25, -0.2) is 0 Å². The van der Waals surface area contributed by atoms with Crippen molar-refractivity contribution in [1.82, 2.24) is 4.57 Å². The van der Waals surface area contributed by atoms with Crippen LogP contribution in [0.5, 0.6) is 0 Å². The maximum absolute atomic E-state index is 11.4. The predicted molar refractivity (Wildman–Crippen MR) is 83.4 cm³/mol. The number of nitrogens with zero attached hydrogens (tertiary/aromatic N) is 1. The van der Waals surface area contributed by atoms with Gasteiger partial charge in [-0.15, -0.1) is 0 Å². The lowest BCUT2D eigenvalue weighted by atomic mass is 10.1. The third-order valence-electron chi connectivity index (χ3n) is 3.40. The van der Waals surface area contributed by atoms with Crippen LogP contribution in [0, 0.1) is 0 Å². The minimum Gasteiger partial charge on any atom is -0.390 e. The van der Waals surface area contributed by atoms with Crippen LogP contribution in [0.25, 0.3) is 16.8 Å². The molecular weight excluding hydrogens is 262 g/mol. The lowest BCUT2D eigenvalue weighted by Crippen LogP contribution is -2.09. The summed E-state index contributed by atoms with van der Waals surface area (Å²) in [6.07, 6.45) is 1.69. The molecule has 0 bridgehead atoms. The normalized spacial score (nSPS) is 10.5. The van der Waals surface area contributed by atoms with Gasteiger partial charge in [-0.1, -0.05) is 42.5 Å². The minimum atomic E-state index is -0.175. The molecular formula is C18H15NO2. The molecule has 0 unspecified atom stereocenters. The first kappa shape index (κ1) is 13.3. The van der Waals surface area contributed by atoms with Crippen molar-refractivity contribution in [3.05, 3.63) is 88.8 Å². The molecule has 3 heteroatoms. The Labute approximate surface area is 122 Å². The monoisotopic (exact) mass is 277 g/mol. The van der Waals surface area contributed by atoms with E-state index in [1.54, 1.807) is 6.20 Å². The van der Waals surface area contributed by atoms with Crippen molar-refractivity contribution in [1.29, 1.82) is 0 Å². The Balaban J connectivity index is 2.11. The van der Waals surface area contributed by atoms with E-state index in [0.29, 0.717) is 5.69 Å². The summed E-state index contributed by atoms with van der Waals surface area (Å²) in [5.41, 5.74) is 3.62. The molecule has 0 saturated carbocycles. The number of aliphatic hydroxyl groups is 1. The van der Waals surface area contributed by atoms with Crippen LogP contribution < -0.4 is 5.43 Å². The summed E-state index contributed by atoms with van der Waals surface area (Å²) in [4.78, 5) is 11.4. The molecule has 1 heterocycles. The van der Waals surface area contributed by atoms with E-state index in [0.717, 1.165) is 16.8 Å². The fourth-order valence-electron chi connectivity index (χ4n) is 2.37. The van der Waals surface area contributed by atoms with Crippen LogP contribution >= 0.6 is 0 Å². The van der Waals surface area contributed by atoms with Crippen LogP contribution in [0.2, 0.25) is 0 Å². The molecule has 3 rings (SSSR count). The Morgan fingerprint density at radius 3 is 2.38 bits per heavy atom. The molecule has 0 saturated heterocycles. The molecule has 0 aliphatic carbocycles. The first-order valence-electron chi connectivity index (χ1n) is 6.76. The zero-order chi connectivity index (χ0) is 14.7. The number of aromatic nitrogens is 1. The van der Waals surface area contributed by atoms with Crippen molar-refractivity contribution in [2.75, 3.05) is 0 Å². The van der Waals surface area contributed by atoms with Gasteiger partial charge in [-0.2, -0.15) is 0 Å². The van der Waals surface area contributed by atoms with Crippen LogP contribution in [-0.2, 0) is 6.61 Å². The van der Waals surface area contributed by atoms with E-state index < -0.39 is 0 Å². The fourth-order valence-corrected chi connectivity index (χ4v) is 2.37. The molecule has 0 spiro atoms. The second kappa shape index (κ2) is 5.77. The van der Waals surface area contributed by atoms with Gasteiger partial charge in [0.15, 0.2) is 5.43 Å². The average molecular weight is 277 g/mol. The van der Waals surface area contributed by atoms with Gasteiger partial charge in [0.2, 0.25) is 0 Å². The van der Waals surface area contributed by atoms with Crippen LogP contribution in [0.15, 0.2) is 77.7 Å². The van der Waals surface area contributed by atoms with E-state index in [1.807, 2.05) is 47.0 Å². The van der Waals surface area contributed by atoms with E-state index in [1.165, 1.54) is 12.1 Å². The fraction of sp³-hybridized carbons (Fsp3) is 0.0556. The molecule has 0 amide bonds. The van der Waals surface area contributed by atoms with Gasteiger partial charge in [0.25, 0.3) is 0 Å². The van der Waals surface area contributed by atoms with Crippen molar-refractivity contribution in [2.24, 2.45) is 0 Å². The highest BCUT2D eigenvalue weighted by atomic mass is 16.3. The van der Waals surface area contributed by atoms with Crippen LogP contribution in [0.4, 0.5) is 0 Å². The lowest BCUT2D eigenvalue weighted by molar-refractivity contribution is 0.273. The summed E-state index contributed by atoms with van der Waals surface area (Å²) in [6.45, 7) is -0.175. The van der Waals surface area contributed by atoms with Gasteiger partial charge in [0.1, 0.15) is 0 Å². The number of pyridine rings is 1. The molecule has 0 aliphatic rings. The highest BCUT2D eigenvalue weighted by Crippen LogP contribution is 2.22. The summed E-state index contributed by atoms with van der Waals surface area (Å²) in [5.74, 6) is 0. The Kier molecular flexibility index (Phi) is 3.67. The molecule has 104 valence electrons. The van der Waals surface area contributed by atoms with Crippen LogP contribution in [-0.4, -0.2) is 9.67 Å². The molecule has 0 atom stereocenters. The van der Waals surface area contributed by atoms with Gasteiger partial charge >= 0.3 is 0 Å². The number of benzene rings is 2. The zero-order valence-corrected chi connectivity index (χ0v) is 11.4. The summed E-state index contributed by atoms with van der Waals surface area (Å²) < 4.78 is 1.83. The standard InChI is InChI=1S/C18H15NO2/c20-13-17-12-18(21)9-10-19(17)16-8-4-7-15(11-16)14-5-2-1-3-6-14/h1-12,20H,13H2. The lowest BCUT2D eigenvalue weighted by Gasteiger charge is -2.13. The van der Waals surface area contributed by atoms with Crippen molar-refractivity contribution >= 4 is 0 Å². The molecule has 3 aromatic rings. The van der Waals surface area contributed by atoms with Gasteiger partial charge < -0.3 is 9.67 Å². The Hall–Kier alpha value is -2.65. The minimum absolute atomic E-state index is 0.102. The van der Waals surface area contributed by atoms with E-state index in [9.17, 15) is 9.90 Å². The second-order valence-corrected chi connectivity index (χ2v) is 4.80. The molecule has 1 N–H and O–H groups in total. The van der Waals surface area contributed by atoms with Gasteiger partial charge in [0.05, 0.1) is 12.3 Å². The predicted octanol–water partition coefficient (Wildman–Crippen LogP) is 3.00. The van der Waals surface area contributed by atoms with Crippen molar-refractivity contribution in [2.45, 2.75) is 6.61 Å². The molecule has 0 radical (unpaired) electrons. The third-order valence-corrected chi connectivity index (χ3v) is 3.40. The molecule has 3 nitrogen and oxygen atoms in total. The zero-order valence-electron chi connectivity index (χ0n) is 11.4. The first-order valence-corrected chi connectivity index (χ1v) is 6.76. The molecule has 2 aromatic carbocycles. The van der Waals surface area contributed by atoms with Crippen molar-refractivity contribution in [3.8, 4) is 16.8 Å². The van der Waals surface area contributed by atoms with E-state index in [-0.39, 0.29) is 12.0 Å². The quantitative estimate of drug-likeness (QED) is 0.799. The topological polar surface area (TPSA) is 42.2 Å². The summed E-state index contributed by atoms with van der Waals surface area (Å²) in [6, 6.07) is 21.0. The summed E-state index contributed by atoms with van der Waals surface area (Å²) >= 11 is 0. The van der Waals surface area contributed by atoms with Gasteiger partial charge in [-0.3, -0.25) is 4.79 Å². The number of hydrogen-bond acceptors (Lipinski definition) is 2. The van der Waals surface area contributed by atoms with Gasteiger partial charge in [-0.05, 0) is 23.3 Å². The molecule has 0 fully saturated rings. The van der Waals surface area contributed by atoms with Crippen molar-refractivity contribution in [3.63, 3.8) is 0 Å². The number of rotatable bonds is 3. The second-order valence-electron chi connectivity index (χ2n) is 4.80. The Morgan fingerprint density at radius 2 is 1.62 bits per heavy atom. The summed E-state index contributed by atoms with van der Waals surface area (Å²) in [5, 5.41) is 9.43. The van der Waals surface area contributed by atoms with E-state index in [4.69, 9.17) is 0 Å². The molecule has 21 heavy (non-hydrogen) atoms. The average Bonchev–Trinajstić information content (AvgIpc) is 2.55. The summed E-state index contributed by atoms with van der Waals surface area (Å²) in [7, 11) is 0.